The third kappa shape index (κ3) is 2.91. The van der Waals surface area contributed by atoms with Crippen molar-refractivity contribution in [1.82, 2.24) is 0 Å². The van der Waals surface area contributed by atoms with Crippen LogP contribution in [0.2, 0.25) is 0 Å². The molecule has 0 amide bonds. The lowest BCUT2D eigenvalue weighted by Crippen LogP contribution is -2.42. The van der Waals surface area contributed by atoms with Crippen LogP contribution in [0, 0.1) is 6.92 Å². The second-order valence-electron chi connectivity index (χ2n) is 3.22. The minimum absolute atomic E-state index is 0.767. The van der Waals surface area contributed by atoms with Crippen molar-refractivity contribution < 1.29 is 14.3 Å². The van der Waals surface area contributed by atoms with E-state index in [4.69, 9.17) is 9.57 Å². The molecule has 0 saturated carbocycles. The van der Waals surface area contributed by atoms with Gasteiger partial charge in [-0.15, -0.1) is 0 Å². The van der Waals surface area contributed by atoms with Crippen molar-refractivity contribution in [1.29, 1.82) is 0 Å². The molecule has 78 valence electrons. The molecule has 0 saturated heterocycles. The summed E-state index contributed by atoms with van der Waals surface area (Å²) in [4.78, 5) is 5.13. The maximum absolute atomic E-state index is 5.54. The minimum Gasteiger partial charge on any atom is -0.487 e. The number of hydrogen-bond donors (Lipinski definition) is 0. The molecule has 3 heteroatoms. The first-order valence-electron chi connectivity index (χ1n) is 4.97. The van der Waals surface area contributed by atoms with Crippen LogP contribution in [0.4, 0.5) is 0 Å². The molecule has 0 unspecified atom stereocenters. The van der Waals surface area contributed by atoms with Gasteiger partial charge in [-0.2, -0.15) is 0 Å². The Morgan fingerprint density at radius 1 is 1.36 bits per heavy atom. The van der Waals surface area contributed by atoms with Crippen LogP contribution >= 0.6 is 0 Å². The molecular weight excluding hydrogens is 178 g/mol. The SMILES string of the molecule is CCCCOc1ccc(C)[n+](OC)c1. The molecule has 0 aliphatic heterocycles. The van der Waals surface area contributed by atoms with Gasteiger partial charge in [0.25, 0.3) is 6.20 Å². The largest absolute Gasteiger partial charge is 0.487 e. The highest BCUT2D eigenvalue weighted by atomic mass is 16.6. The lowest BCUT2D eigenvalue weighted by molar-refractivity contribution is -0.889. The van der Waals surface area contributed by atoms with E-state index in [1.54, 1.807) is 11.8 Å². The number of unbranched alkanes of at least 4 members (excludes halogenated alkanes) is 1. The van der Waals surface area contributed by atoms with E-state index in [1.807, 2.05) is 25.3 Å². The summed E-state index contributed by atoms with van der Waals surface area (Å²) in [5, 5.41) is 0. The number of nitrogens with zero attached hydrogens (tertiary/aromatic N) is 1. The van der Waals surface area contributed by atoms with E-state index in [-0.39, 0.29) is 0 Å². The third-order valence-corrected chi connectivity index (χ3v) is 2.04. The van der Waals surface area contributed by atoms with Crippen LogP contribution in [0.3, 0.4) is 0 Å². The van der Waals surface area contributed by atoms with Crippen LogP contribution in [-0.4, -0.2) is 13.7 Å². The smallest absolute Gasteiger partial charge is 0.264 e. The molecule has 3 nitrogen and oxygen atoms in total. The van der Waals surface area contributed by atoms with E-state index in [1.165, 1.54) is 0 Å². The van der Waals surface area contributed by atoms with E-state index in [2.05, 4.69) is 6.92 Å². The molecule has 1 aromatic rings. The Balaban J connectivity index is 2.60. The predicted octanol–water partition coefficient (Wildman–Crippen LogP) is 1.52. The average Bonchev–Trinajstić information content (AvgIpc) is 2.21. The van der Waals surface area contributed by atoms with Gasteiger partial charge >= 0.3 is 0 Å². The molecule has 0 N–H and O–H groups in total. The Labute approximate surface area is 85.2 Å². The summed E-state index contributed by atoms with van der Waals surface area (Å²) in [6.07, 6.45) is 4.09. The molecule has 0 spiro atoms. The highest BCUT2D eigenvalue weighted by Crippen LogP contribution is 2.07. The van der Waals surface area contributed by atoms with Gasteiger partial charge < -0.3 is 4.74 Å². The van der Waals surface area contributed by atoms with Crippen molar-refractivity contribution in [2.75, 3.05) is 13.7 Å². The summed E-state index contributed by atoms with van der Waals surface area (Å²) in [6, 6.07) is 3.94. The van der Waals surface area contributed by atoms with Crippen molar-refractivity contribution in [3.8, 4) is 5.75 Å². The van der Waals surface area contributed by atoms with Gasteiger partial charge in [-0.1, -0.05) is 13.3 Å². The van der Waals surface area contributed by atoms with Crippen molar-refractivity contribution in [2.45, 2.75) is 26.7 Å². The zero-order valence-electron chi connectivity index (χ0n) is 9.12. The molecule has 0 fully saturated rings. The molecule has 14 heavy (non-hydrogen) atoms. The Morgan fingerprint density at radius 3 is 2.79 bits per heavy atom. The molecular formula is C11H18NO2+. The fraction of sp³-hybridized carbons (Fsp3) is 0.545. The molecule has 1 heterocycles. The summed E-state index contributed by atoms with van der Waals surface area (Å²) >= 11 is 0. The van der Waals surface area contributed by atoms with Gasteiger partial charge in [0.05, 0.1) is 6.61 Å². The first kappa shape index (κ1) is 10.8. The number of hydrogen-bond acceptors (Lipinski definition) is 2. The molecule has 0 atom stereocenters. The Kier molecular flexibility index (Phi) is 4.23. The van der Waals surface area contributed by atoms with Crippen LogP contribution < -0.4 is 14.3 Å². The minimum atomic E-state index is 0.767. The second kappa shape index (κ2) is 5.47. The highest BCUT2D eigenvalue weighted by molar-refractivity contribution is 5.15. The lowest BCUT2D eigenvalue weighted by Gasteiger charge is -2.03. The van der Waals surface area contributed by atoms with Crippen LogP contribution in [0.15, 0.2) is 18.3 Å². The third-order valence-electron chi connectivity index (χ3n) is 2.04. The molecule has 1 rings (SSSR count). The molecule has 1 aromatic heterocycles. The van der Waals surface area contributed by atoms with Crippen LogP contribution in [0.5, 0.6) is 5.75 Å². The molecule has 0 bridgehead atoms. The van der Waals surface area contributed by atoms with Crippen molar-refractivity contribution in [2.24, 2.45) is 0 Å². The fourth-order valence-corrected chi connectivity index (χ4v) is 1.15. The number of ether oxygens (including phenoxy) is 1. The van der Waals surface area contributed by atoms with E-state index >= 15 is 0 Å². The molecule has 0 aliphatic carbocycles. The Bertz CT molecular complexity index is 287. The second-order valence-corrected chi connectivity index (χ2v) is 3.22. The Hall–Kier alpha value is -1.25. The predicted molar refractivity (Wildman–Crippen MR) is 54.3 cm³/mol. The topological polar surface area (TPSA) is 22.3 Å². The van der Waals surface area contributed by atoms with Crippen molar-refractivity contribution >= 4 is 0 Å². The number of pyridine rings is 1. The van der Waals surface area contributed by atoms with Crippen LogP contribution in [-0.2, 0) is 0 Å². The summed E-state index contributed by atoms with van der Waals surface area (Å²) in [5.41, 5.74) is 1.05. The zero-order valence-corrected chi connectivity index (χ0v) is 9.12. The first-order valence-corrected chi connectivity index (χ1v) is 4.97. The van der Waals surface area contributed by atoms with Gasteiger partial charge in [-0.3, -0.25) is 4.84 Å². The first-order chi connectivity index (χ1) is 6.77. The van der Waals surface area contributed by atoms with Crippen LogP contribution in [0.25, 0.3) is 0 Å². The van der Waals surface area contributed by atoms with Crippen molar-refractivity contribution in [3.05, 3.63) is 24.0 Å². The van der Waals surface area contributed by atoms with Gasteiger partial charge in [-0.05, 0) is 12.5 Å². The fourth-order valence-electron chi connectivity index (χ4n) is 1.15. The average molecular weight is 196 g/mol. The summed E-state index contributed by atoms with van der Waals surface area (Å²) < 4.78 is 7.24. The zero-order chi connectivity index (χ0) is 10.4. The quantitative estimate of drug-likeness (QED) is 0.526. The number of aryl methyl sites for hydroxylation is 1. The van der Waals surface area contributed by atoms with Gasteiger partial charge in [0.1, 0.15) is 7.11 Å². The maximum Gasteiger partial charge on any atom is 0.264 e. The lowest BCUT2D eigenvalue weighted by atomic mass is 10.3. The molecule has 0 aliphatic rings. The van der Waals surface area contributed by atoms with Gasteiger partial charge in [0.15, 0.2) is 5.75 Å². The van der Waals surface area contributed by atoms with Crippen molar-refractivity contribution in [3.63, 3.8) is 0 Å². The van der Waals surface area contributed by atoms with Crippen LogP contribution in [0.1, 0.15) is 25.5 Å². The highest BCUT2D eigenvalue weighted by Gasteiger charge is 2.08. The maximum atomic E-state index is 5.54. The normalized spacial score (nSPS) is 9.93. The Morgan fingerprint density at radius 2 is 2.14 bits per heavy atom. The summed E-state index contributed by atoms with van der Waals surface area (Å²) in [6.45, 7) is 4.90. The standard InChI is InChI=1S/C11H18NO2/c1-4-5-8-14-11-7-6-10(2)12(9-11)13-3/h6-7,9H,4-5,8H2,1-3H3/q+1. The van der Waals surface area contributed by atoms with E-state index in [9.17, 15) is 0 Å². The molecule has 0 aromatic carbocycles. The van der Waals surface area contributed by atoms with Gasteiger partial charge in [0.2, 0.25) is 5.69 Å². The summed E-state index contributed by atoms with van der Waals surface area (Å²) in [7, 11) is 1.64. The van der Waals surface area contributed by atoms with E-state index in [0.717, 1.165) is 30.9 Å². The summed E-state index contributed by atoms with van der Waals surface area (Å²) in [5.74, 6) is 0.853. The number of aromatic nitrogens is 1. The number of rotatable bonds is 5. The van der Waals surface area contributed by atoms with Gasteiger partial charge in [-0.25, -0.2) is 0 Å². The van der Waals surface area contributed by atoms with E-state index in [0.29, 0.717) is 0 Å². The monoisotopic (exact) mass is 196 g/mol. The van der Waals surface area contributed by atoms with E-state index < -0.39 is 0 Å². The van der Waals surface area contributed by atoms with Gasteiger partial charge in [0, 0.05) is 17.7 Å². The molecule has 0 radical (unpaired) electrons.